The van der Waals surface area contributed by atoms with Crippen molar-refractivity contribution in [2.24, 2.45) is 5.73 Å². The lowest BCUT2D eigenvalue weighted by molar-refractivity contribution is 0.497. The molecule has 0 aliphatic heterocycles. The molecule has 0 unspecified atom stereocenters. The highest BCUT2D eigenvalue weighted by Crippen LogP contribution is 2.12. The Bertz CT molecular complexity index is 261. The molecule has 0 heterocycles. The number of rotatable bonds is 3. The van der Waals surface area contributed by atoms with Gasteiger partial charge in [-0.05, 0) is 31.0 Å². The third-order valence-electron chi connectivity index (χ3n) is 1.68. The number of hydrogen-bond acceptors (Lipinski definition) is 1. The smallest absolute Gasteiger partial charge is 0.162 e. The van der Waals surface area contributed by atoms with Crippen LogP contribution in [0.3, 0.4) is 0 Å². The van der Waals surface area contributed by atoms with E-state index in [1.54, 1.807) is 6.07 Å². The Morgan fingerprint density at radius 2 is 2.00 bits per heavy atom. The van der Waals surface area contributed by atoms with Crippen molar-refractivity contribution in [1.29, 1.82) is 0 Å². The summed E-state index contributed by atoms with van der Waals surface area (Å²) in [7, 11) is 0. The van der Waals surface area contributed by atoms with Gasteiger partial charge >= 0.3 is 0 Å². The molecule has 0 saturated heterocycles. The minimum atomic E-state index is -0.787. The molecular formula is C9H11F2N. The second-order valence-electron chi connectivity index (χ2n) is 2.61. The lowest BCUT2D eigenvalue weighted by Gasteiger charge is -2.01. The Hall–Kier alpha value is -0.960. The summed E-state index contributed by atoms with van der Waals surface area (Å²) in [5.41, 5.74) is 5.65. The summed E-state index contributed by atoms with van der Waals surface area (Å²) in [4.78, 5) is 0. The highest BCUT2D eigenvalue weighted by atomic mass is 19.2. The molecule has 0 fully saturated rings. The van der Waals surface area contributed by atoms with E-state index in [0.29, 0.717) is 24.9 Å². The molecule has 1 nitrogen and oxygen atoms in total. The quantitative estimate of drug-likeness (QED) is 0.738. The van der Waals surface area contributed by atoms with Crippen LogP contribution in [0, 0.1) is 11.6 Å². The molecule has 2 N–H and O–H groups in total. The van der Waals surface area contributed by atoms with Gasteiger partial charge in [0.15, 0.2) is 11.6 Å². The molecule has 1 aromatic rings. The third kappa shape index (κ3) is 2.01. The van der Waals surface area contributed by atoms with Crippen LogP contribution in [0.1, 0.15) is 12.0 Å². The third-order valence-corrected chi connectivity index (χ3v) is 1.68. The molecule has 0 radical (unpaired) electrons. The van der Waals surface area contributed by atoms with E-state index in [1.807, 2.05) is 0 Å². The van der Waals surface area contributed by atoms with Gasteiger partial charge in [-0.2, -0.15) is 0 Å². The van der Waals surface area contributed by atoms with Gasteiger partial charge in [0.25, 0.3) is 0 Å². The summed E-state index contributed by atoms with van der Waals surface area (Å²) in [6.07, 6.45) is 1.18. The average Bonchev–Trinajstić information content (AvgIpc) is 2.08. The van der Waals surface area contributed by atoms with E-state index in [4.69, 9.17) is 5.73 Å². The predicted molar refractivity (Wildman–Crippen MR) is 43.7 cm³/mol. The first-order valence-electron chi connectivity index (χ1n) is 3.88. The first kappa shape index (κ1) is 9.13. The number of benzene rings is 1. The van der Waals surface area contributed by atoms with Crippen molar-refractivity contribution in [3.05, 3.63) is 35.4 Å². The summed E-state index contributed by atoms with van der Waals surface area (Å²) < 4.78 is 25.5. The summed E-state index contributed by atoms with van der Waals surface area (Å²) in [5, 5.41) is 0. The zero-order valence-corrected chi connectivity index (χ0v) is 6.69. The summed E-state index contributed by atoms with van der Waals surface area (Å²) in [5.74, 6) is -1.53. The molecule has 1 aromatic carbocycles. The van der Waals surface area contributed by atoms with Crippen molar-refractivity contribution in [2.45, 2.75) is 12.8 Å². The van der Waals surface area contributed by atoms with Crippen LogP contribution in [0.5, 0.6) is 0 Å². The lowest BCUT2D eigenvalue weighted by Crippen LogP contribution is -2.02. The van der Waals surface area contributed by atoms with Gasteiger partial charge in [-0.1, -0.05) is 12.1 Å². The van der Waals surface area contributed by atoms with Gasteiger partial charge in [0.1, 0.15) is 0 Å². The Morgan fingerprint density at radius 3 is 2.67 bits per heavy atom. The normalized spacial score (nSPS) is 10.2. The minimum absolute atomic E-state index is 0.403. The van der Waals surface area contributed by atoms with Crippen LogP contribution >= 0.6 is 0 Å². The maximum absolute atomic E-state index is 12.9. The minimum Gasteiger partial charge on any atom is -0.330 e. The van der Waals surface area contributed by atoms with Gasteiger partial charge in [0.05, 0.1) is 0 Å². The fraction of sp³-hybridized carbons (Fsp3) is 0.333. The number of aryl methyl sites for hydroxylation is 1. The molecule has 12 heavy (non-hydrogen) atoms. The zero-order chi connectivity index (χ0) is 8.97. The van der Waals surface area contributed by atoms with E-state index in [1.165, 1.54) is 6.07 Å². The van der Waals surface area contributed by atoms with E-state index in [0.717, 1.165) is 6.07 Å². The van der Waals surface area contributed by atoms with Crippen LogP contribution in [-0.2, 0) is 6.42 Å². The van der Waals surface area contributed by atoms with Gasteiger partial charge in [0, 0.05) is 0 Å². The Morgan fingerprint density at radius 1 is 1.25 bits per heavy atom. The molecule has 1 rings (SSSR count). The SMILES string of the molecule is NCCCc1cccc(F)c1F. The van der Waals surface area contributed by atoms with Gasteiger partial charge in [-0.25, -0.2) is 8.78 Å². The summed E-state index contributed by atoms with van der Waals surface area (Å²) in [6, 6.07) is 4.19. The second-order valence-corrected chi connectivity index (χ2v) is 2.61. The van der Waals surface area contributed by atoms with Gasteiger partial charge in [-0.15, -0.1) is 0 Å². The number of hydrogen-bond donors (Lipinski definition) is 1. The van der Waals surface area contributed by atoms with Crippen LogP contribution < -0.4 is 5.73 Å². The van der Waals surface area contributed by atoms with Crippen LogP contribution in [-0.4, -0.2) is 6.54 Å². The highest BCUT2D eigenvalue weighted by molar-refractivity contribution is 5.18. The van der Waals surface area contributed by atoms with Crippen LogP contribution in [0.4, 0.5) is 8.78 Å². The van der Waals surface area contributed by atoms with Crippen LogP contribution in [0.25, 0.3) is 0 Å². The Labute approximate surface area is 70.2 Å². The van der Waals surface area contributed by atoms with Crippen molar-refractivity contribution < 1.29 is 8.78 Å². The molecule has 0 spiro atoms. The zero-order valence-electron chi connectivity index (χ0n) is 6.69. The molecule has 0 aliphatic rings. The fourth-order valence-electron chi connectivity index (χ4n) is 1.03. The molecule has 0 bridgehead atoms. The molecule has 0 atom stereocenters. The fourth-order valence-corrected chi connectivity index (χ4v) is 1.03. The number of halogens is 2. The summed E-state index contributed by atoms with van der Waals surface area (Å²) >= 11 is 0. The lowest BCUT2D eigenvalue weighted by atomic mass is 10.1. The Kier molecular flexibility index (Phi) is 3.17. The molecule has 0 aliphatic carbocycles. The molecule has 0 aromatic heterocycles. The maximum atomic E-state index is 12.9. The van der Waals surface area contributed by atoms with Crippen LogP contribution in [0.15, 0.2) is 18.2 Å². The van der Waals surface area contributed by atoms with E-state index < -0.39 is 11.6 Å². The van der Waals surface area contributed by atoms with Gasteiger partial charge < -0.3 is 5.73 Å². The highest BCUT2D eigenvalue weighted by Gasteiger charge is 2.05. The maximum Gasteiger partial charge on any atom is 0.162 e. The predicted octanol–water partition coefficient (Wildman–Crippen LogP) is 1.86. The monoisotopic (exact) mass is 171 g/mol. The topological polar surface area (TPSA) is 26.0 Å². The standard InChI is InChI=1S/C9H11F2N/c10-8-5-1-3-7(9(8)11)4-2-6-12/h1,3,5H,2,4,6,12H2. The largest absolute Gasteiger partial charge is 0.330 e. The van der Waals surface area contributed by atoms with Crippen molar-refractivity contribution >= 4 is 0 Å². The van der Waals surface area contributed by atoms with Crippen molar-refractivity contribution in [1.82, 2.24) is 0 Å². The van der Waals surface area contributed by atoms with E-state index in [9.17, 15) is 8.78 Å². The molecule has 3 heteroatoms. The Balaban J connectivity index is 2.78. The molecule has 0 amide bonds. The second kappa shape index (κ2) is 4.16. The van der Waals surface area contributed by atoms with Crippen LogP contribution in [0.2, 0.25) is 0 Å². The van der Waals surface area contributed by atoms with Gasteiger partial charge in [-0.3, -0.25) is 0 Å². The van der Waals surface area contributed by atoms with Crippen molar-refractivity contribution in [3.8, 4) is 0 Å². The first-order valence-corrected chi connectivity index (χ1v) is 3.88. The van der Waals surface area contributed by atoms with Gasteiger partial charge in [0.2, 0.25) is 0 Å². The van der Waals surface area contributed by atoms with Crippen molar-refractivity contribution in [3.63, 3.8) is 0 Å². The molecular weight excluding hydrogens is 160 g/mol. The van der Waals surface area contributed by atoms with E-state index in [2.05, 4.69) is 0 Å². The number of nitrogens with two attached hydrogens (primary N) is 1. The molecule has 66 valence electrons. The van der Waals surface area contributed by atoms with Crippen molar-refractivity contribution in [2.75, 3.05) is 6.54 Å². The van der Waals surface area contributed by atoms with E-state index in [-0.39, 0.29) is 0 Å². The molecule has 0 saturated carbocycles. The first-order chi connectivity index (χ1) is 5.75. The summed E-state index contributed by atoms with van der Waals surface area (Å²) in [6.45, 7) is 0.496. The van der Waals surface area contributed by atoms with E-state index >= 15 is 0 Å². The average molecular weight is 171 g/mol.